The summed E-state index contributed by atoms with van der Waals surface area (Å²) in [4.78, 5) is 2.27. The Kier molecular flexibility index (Phi) is 8.63. The molecule has 4 nitrogen and oxygen atoms in total. The van der Waals surface area contributed by atoms with Gasteiger partial charge in [-0.3, -0.25) is 4.90 Å². The van der Waals surface area contributed by atoms with Crippen LogP contribution in [0.5, 0.6) is 11.5 Å². The topological polar surface area (TPSA) is 41.9 Å². The van der Waals surface area contributed by atoms with Crippen molar-refractivity contribution in [3.05, 3.63) is 36.4 Å². The van der Waals surface area contributed by atoms with Gasteiger partial charge in [0.2, 0.25) is 0 Å². The number of rotatable bonds is 11. The highest BCUT2D eigenvalue weighted by Gasteiger charge is 2.12. The molecule has 0 aliphatic heterocycles. The third-order valence-corrected chi connectivity index (χ3v) is 3.57. The molecule has 1 aromatic carbocycles. The lowest BCUT2D eigenvalue weighted by Crippen LogP contribution is -2.32. The smallest absolute Gasteiger partial charge is 0.161 e. The highest BCUT2D eigenvalue weighted by Crippen LogP contribution is 2.28. The van der Waals surface area contributed by atoms with Crippen molar-refractivity contribution in [2.24, 2.45) is 0 Å². The number of aliphatic hydroxyl groups excluding tert-OH is 1. The molecule has 1 rings (SSSR count). The molecule has 1 N–H and O–H groups in total. The van der Waals surface area contributed by atoms with Crippen molar-refractivity contribution in [1.82, 2.24) is 4.90 Å². The lowest BCUT2D eigenvalue weighted by molar-refractivity contribution is 0.102. The van der Waals surface area contributed by atoms with Crippen LogP contribution in [0.25, 0.3) is 0 Å². The van der Waals surface area contributed by atoms with Crippen LogP contribution in [-0.2, 0) is 6.54 Å². The van der Waals surface area contributed by atoms with E-state index >= 15 is 0 Å². The predicted molar refractivity (Wildman–Crippen MR) is 90.6 cm³/mol. The molecule has 0 radical (unpaired) electrons. The lowest BCUT2D eigenvalue weighted by Gasteiger charge is -2.25. The van der Waals surface area contributed by atoms with Crippen molar-refractivity contribution in [1.29, 1.82) is 0 Å². The average molecular weight is 307 g/mol. The molecule has 124 valence electrons. The van der Waals surface area contributed by atoms with Crippen LogP contribution in [0.1, 0.15) is 31.7 Å². The third-order valence-electron chi connectivity index (χ3n) is 3.57. The minimum Gasteiger partial charge on any atom is -0.493 e. The highest BCUT2D eigenvalue weighted by molar-refractivity contribution is 5.42. The van der Waals surface area contributed by atoms with E-state index in [4.69, 9.17) is 9.47 Å². The lowest BCUT2D eigenvalue weighted by atomic mass is 10.1. The van der Waals surface area contributed by atoms with E-state index in [-0.39, 0.29) is 6.10 Å². The van der Waals surface area contributed by atoms with E-state index in [1.54, 1.807) is 14.2 Å². The Morgan fingerprint density at radius 1 is 1.27 bits per heavy atom. The number of ether oxygens (including phenoxy) is 2. The monoisotopic (exact) mass is 307 g/mol. The molecule has 0 saturated heterocycles. The molecule has 0 aromatic heterocycles. The molecule has 1 atom stereocenters. The number of nitrogens with zero attached hydrogens (tertiary/aromatic N) is 1. The quantitative estimate of drug-likeness (QED) is 0.637. The zero-order chi connectivity index (χ0) is 16.4. The van der Waals surface area contributed by atoms with Crippen LogP contribution < -0.4 is 9.47 Å². The van der Waals surface area contributed by atoms with Crippen molar-refractivity contribution in [2.75, 3.05) is 27.3 Å². The maximum atomic E-state index is 10.1. The fourth-order valence-corrected chi connectivity index (χ4v) is 2.49. The SMILES string of the molecule is C=CCC[C@H](O)CN(CCC)Cc1ccc(OC)c(OC)c1. The summed E-state index contributed by atoms with van der Waals surface area (Å²) in [5.41, 5.74) is 1.15. The summed E-state index contributed by atoms with van der Waals surface area (Å²) in [6.07, 6.45) is 4.20. The first-order chi connectivity index (χ1) is 10.6. The normalized spacial score (nSPS) is 12.2. The van der Waals surface area contributed by atoms with Gasteiger partial charge in [-0.25, -0.2) is 0 Å². The molecule has 0 saturated carbocycles. The van der Waals surface area contributed by atoms with Gasteiger partial charge < -0.3 is 14.6 Å². The Morgan fingerprint density at radius 2 is 2.00 bits per heavy atom. The van der Waals surface area contributed by atoms with Crippen molar-refractivity contribution in [3.63, 3.8) is 0 Å². The third kappa shape index (κ3) is 6.08. The molecule has 0 aliphatic carbocycles. The summed E-state index contributed by atoms with van der Waals surface area (Å²) in [6.45, 7) is 8.28. The van der Waals surface area contributed by atoms with E-state index < -0.39 is 0 Å². The van der Waals surface area contributed by atoms with Gasteiger partial charge in [0.1, 0.15) is 0 Å². The highest BCUT2D eigenvalue weighted by atomic mass is 16.5. The average Bonchev–Trinajstić information content (AvgIpc) is 2.52. The standard InChI is InChI=1S/C18H29NO3/c1-5-7-8-16(20)14-19(11-6-2)13-15-9-10-17(21-3)18(12-15)22-4/h5,9-10,12,16,20H,1,6-8,11,13-14H2,2-4H3/t16-/m0/s1. The van der Waals surface area contributed by atoms with Crippen molar-refractivity contribution < 1.29 is 14.6 Å². The molecule has 0 spiro atoms. The first-order valence-corrected chi connectivity index (χ1v) is 7.86. The van der Waals surface area contributed by atoms with Crippen LogP contribution in [0, 0.1) is 0 Å². The number of aliphatic hydroxyl groups is 1. The van der Waals surface area contributed by atoms with E-state index in [1.165, 1.54) is 0 Å². The molecule has 0 fully saturated rings. The van der Waals surface area contributed by atoms with Crippen LogP contribution >= 0.6 is 0 Å². The second kappa shape index (κ2) is 10.2. The first kappa shape index (κ1) is 18.5. The molecular weight excluding hydrogens is 278 g/mol. The van der Waals surface area contributed by atoms with Gasteiger partial charge in [-0.15, -0.1) is 6.58 Å². The van der Waals surface area contributed by atoms with Gasteiger partial charge in [0.25, 0.3) is 0 Å². The van der Waals surface area contributed by atoms with Gasteiger partial charge >= 0.3 is 0 Å². The van der Waals surface area contributed by atoms with Crippen LogP contribution in [0.4, 0.5) is 0 Å². The number of benzene rings is 1. The molecule has 4 heteroatoms. The van der Waals surface area contributed by atoms with E-state index in [0.717, 1.165) is 49.4 Å². The Labute approximate surface area is 134 Å². The summed E-state index contributed by atoms with van der Waals surface area (Å²) in [6, 6.07) is 5.96. The molecule has 22 heavy (non-hydrogen) atoms. The van der Waals surface area contributed by atoms with Gasteiger partial charge in [-0.05, 0) is 43.5 Å². The molecule has 0 unspecified atom stereocenters. The molecule has 1 aromatic rings. The van der Waals surface area contributed by atoms with Crippen LogP contribution in [0.15, 0.2) is 30.9 Å². The van der Waals surface area contributed by atoms with E-state index in [0.29, 0.717) is 6.54 Å². The van der Waals surface area contributed by atoms with Crippen LogP contribution in [0.3, 0.4) is 0 Å². The zero-order valence-corrected chi connectivity index (χ0v) is 14.0. The Bertz CT molecular complexity index is 448. The minimum absolute atomic E-state index is 0.315. The van der Waals surface area contributed by atoms with Crippen LogP contribution in [0.2, 0.25) is 0 Å². The van der Waals surface area contributed by atoms with E-state index in [1.807, 2.05) is 24.3 Å². The van der Waals surface area contributed by atoms with Gasteiger partial charge in [-0.1, -0.05) is 19.1 Å². The summed E-state index contributed by atoms with van der Waals surface area (Å²) < 4.78 is 10.6. The van der Waals surface area contributed by atoms with Gasteiger partial charge in [0, 0.05) is 13.1 Å². The van der Waals surface area contributed by atoms with Gasteiger partial charge in [-0.2, -0.15) is 0 Å². The summed E-state index contributed by atoms with van der Waals surface area (Å²) in [5, 5.41) is 10.1. The zero-order valence-electron chi connectivity index (χ0n) is 14.0. The maximum Gasteiger partial charge on any atom is 0.161 e. The minimum atomic E-state index is -0.315. The maximum absolute atomic E-state index is 10.1. The van der Waals surface area contributed by atoms with E-state index in [9.17, 15) is 5.11 Å². The fraction of sp³-hybridized carbons (Fsp3) is 0.556. The summed E-state index contributed by atoms with van der Waals surface area (Å²) in [5.74, 6) is 1.47. The Balaban J connectivity index is 2.71. The number of methoxy groups -OCH3 is 2. The molecular formula is C18H29NO3. The molecule has 0 bridgehead atoms. The number of hydrogen-bond donors (Lipinski definition) is 1. The largest absolute Gasteiger partial charge is 0.493 e. The van der Waals surface area contributed by atoms with Gasteiger partial charge in [0.15, 0.2) is 11.5 Å². The van der Waals surface area contributed by atoms with Crippen molar-refractivity contribution in [2.45, 2.75) is 38.8 Å². The van der Waals surface area contributed by atoms with E-state index in [2.05, 4.69) is 18.4 Å². The Morgan fingerprint density at radius 3 is 2.59 bits per heavy atom. The first-order valence-electron chi connectivity index (χ1n) is 7.86. The summed E-state index contributed by atoms with van der Waals surface area (Å²) >= 11 is 0. The number of allylic oxidation sites excluding steroid dienone is 1. The Hall–Kier alpha value is -1.52. The molecule has 0 amide bonds. The second-order valence-electron chi connectivity index (χ2n) is 5.44. The number of hydrogen-bond acceptors (Lipinski definition) is 4. The van der Waals surface area contributed by atoms with Crippen molar-refractivity contribution >= 4 is 0 Å². The van der Waals surface area contributed by atoms with Crippen molar-refractivity contribution in [3.8, 4) is 11.5 Å². The van der Waals surface area contributed by atoms with Gasteiger partial charge in [0.05, 0.1) is 20.3 Å². The van der Waals surface area contributed by atoms with Crippen LogP contribution in [-0.4, -0.2) is 43.4 Å². The second-order valence-corrected chi connectivity index (χ2v) is 5.44. The predicted octanol–water partition coefficient (Wildman–Crippen LogP) is 3.24. The summed E-state index contributed by atoms with van der Waals surface area (Å²) in [7, 11) is 3.28. The molecule has 0 heterocycles. The fourth-order valence-electron chi connectivity index (χ4n) is 2.49. The molecule has 0 aliphatic rings.